The van der Waals surface area contributed by atoms with Gasteiger partial charge in [-0.3, -0.25) is 4.68 Å². The monoisotopic (exact) mass is 289 g/mol. The minimum absolute atomic E-state index is 0.0950. The van der Waals surface area contributed by atoms with Crippen LogP contribution in [0.3, 0.4) is 0 Å². The van der Waals surface area contributed by atoms with Gasteiger partial charge in [0.05, 0.1) is 6.20 Å². The number of ether oxygens (including phenoxy) is 1. The van der Waals surface area contributed by atoms with Gasteiger partial charge in [0.25, 0.3) is 0 Å². The van der Waals surface area contributed by atoms with Gasteiger partial charge in [-0.05, 0) is 24.5 Å². The van der Waals surface area contributed by atoms with Gasteiger partial charge in [-0.2, -0.15) is 5.10 Å². The normalized spacial score (nSPS) is 13.9. The lowest BCUT2D eigenvalue weighted by Crippen LogP contribution is -2.31. The first-order chi connectivity index (χ1) is 10.2. The molecule has 0 bridgehead atoms. The Morgan fingerprint density at radius 2 is 2.14 bits per heavy atom. The number of para-hydroxylation sites is 1. The number of aryl methyl sites for hydroxylation is 1. The molecule has 0 fully saturated rings. The zero-order valence-corrected chi connectivity index (χ0v) is 12.6. The Morgan fingerprint density at radius 3 is 2.76 bits per heavy atom. The summed E-state index contributed by atoms with van der Waals surface area (Å²) >= 11 is 0. The van der Waals surface area contributed by atoms with Crippen LogP contribution < -0.4 is 10.5 Å². The standard InChI is InChI=1S/C16H23N3O2/c1-3-14(17)16(13-10-18-19(2)11-13)21-15-7-5-4-6-12(15)8-9-20/h4-7,10-11,14,16,20H,3,8-9,17H2,1-2H3. The van der Waals surface area contributed by atoms with E-state index in [9.17, 15) is 0 Å². The van der Waals surface area contributed by atoms with Crippen LogP contribution in [0.25, 0.3) is 0 Å². The van der Waals surface area contributed by atoms with Crippen molar-refractivity contribution in [1.29, 1.82) is 0 Å². The van der Waals surface area contributed by atoms with Crippen LogP contribution in [0.5, 0.6) is 5.75 Å². The Kier molecular flexibility index (Phi) is 5.36. The lowest BCUT2D eigenvalue weighted by Gasteiger charge is -2.24. The number of aliphatic hydroxyl groups is 1. The Bertz CT molecular complexity index is 568. The quantitative estimate of drug-likeness (QED) is 0.815. The molecule has 0 aliphatic heterocycles. The molecule has 2 aromatic rings. The molecule has 0 amide bonds. The molecular formula is C16H23N3O2. The second-order valence-corrected chi connectivity index (χ2v) is 5.14. The molecule has 1 heterocycles. The molecule has 0 aliphatic rings. The Balaban J connectivity index is 2.27. The minimum atomic E-state index is -0.247. The summed E-state index contributed by atoms with van der Waals surface area (Å²) in [6, 6.07) is 7.63. The highest BCUT2D eigenvalue weighted by Gasteiger charge is 2.23. The highest BCUT2D eigenvalue weighted by Crippen LogP contribution is 2.28. The predicted molar refractivity (Wildman–Crippen MR) is 82.1 cm³/mol. The van der Waals surface area contributed by atoms with Crippen LogP contribution in [0, 0.1) is 0 Å². The van der Waals surface area contributed by atoms with E-state index in [-0.39, 0.29) is 18.8 Å². The number of hydrogen-bond acceptors (Lipinski definition) is 4. The van der Waals surface area contributed by atoms with E-state index in [2.05, 4.69) is 5.10 Å². The summed E-state index contributed by atoms with van der Waals surface area (Å²) in [6.07, 6.45) is 4.84. The summed E-state index contributed by atoms with van der Waals surface area (Å²) in [5, 5.41) is 13.4. The van der Waals surface area contributed by atoms with E-state index in [1.807, 2.05) is 44.4 Å². The van der Waals surface area contributed by atoms with Crippen LogP contribution >= 0.6 is 0 Å². The largest absolute Gasteiger partial charge is 0.484 e. The van der Waals surface area contributed by atoms with E-state index in [4.69, 9.17) is 15.6 Å². The number of benzene rings is 1. The summed E-state index contributed by atoms with van der Waals surface area (Å²) in [6.45, 7) is 2.13. The first-order valence-corrected chi connectivity index (χ1v) is 7.25. The van der Waals surface area contributed by atoms with Gasteiger partial charge in [-0.15, -0.1) is 0 Å². The van der Waals surface area contributed by atoms with Gasteiger partial charge in [0.2, 0.25) is 0 Å². The second kappa shape index (κ2) is 7.24. The maximum absolute atomic E-state index is 9.16. The third-order valence-corrected chi connectivity index (χ3v) is 3.52. The van der Waals surface area contributed by atoms with E-state index < -0.39 is 0 Å². The maximum atomic E-state index is 9.16. The number of rotatable bonds is 7. The summed E-state index contributed by atoms with van der Waals surface area (Å²) in [7, 11) is 1.87. The third kappa shape index (κ3) is 3.83. The lowest BCUT2D eigenvalue weighted by atomic mass is 10.0. The molecule has 0 radical (unpaired) electrons. The molecule has 0 spiro atoms. The highest BCUT2D eigenvalue weighted by atomic mass is 16.5. The van der Waals surface area contributed by atoms with E-state index in [0.29, 0.717) is 6.42 Å². The summed E-state index contributed by atoms with van der Waals surface area (Å²) in [5.74, 6) is 0.768. The number of nitrogens with two attached hydrogens (primary N) is 1. The molecule has 2 rings (SSSR count). The second-order valence-electron chi connectivity index (χ2n) is 5.14. The molecule has 0 saturated carbocycles. The molecule has 21 heavy (non-hydrogen) atoms. The summed E-state index contributed by atoms with van der Waals surface area (Å²) in [5.41, 5.74) is 8.17. The van der Waals surface area contributed by atoms with Crippen molar-refractivity contribution in [3.05, 3.63) is 47.8 Å². The van der Waals surface area contributed by atoms with Crippen molar-refractivity contribution in [3.63, 3.8) is 0 Å². The molecule has 0 aliphatic carbocycles. The summed E-state index contributed by atoms with van der Waals surface area (Å²) < 4.78 is 7.90. The van der Waals surface area contributed by atoms with Gasteiger partial charge in [0.15, 0.2) is 0 Å². The maximum Gasteiger partial charge on any atom is 0.142 e. The zero-order chi connectivity index (χ0) is 15.2. The fourth-order valence-corrected chi connectivity index (χ4v) is 2.29. The summed E-state index contributed by atoms with van der Waals surface area (Å²) in [4.78, 5) is 0. The molecule has 114 valence electrons. The number of hydrogen-bond donors (Lipinski definition) is 2. The van der Waals surface area contributed by atoms with Gasteiger partial charge < -0.3 is 15.6 Å². The van der Waals surface area contributed by atoms with E-state index in [1.54, 1.807) is 10.9 Å². The first kappa shape index (κ1) is 15.5. The lowest BCUT2D eigenvalue weighted by molar-refractivity contribution is 0.168. The van der Waals surface area contributed by atoms with Gasteiger partial charge in [0.1, 0.15) is 11.9 Å². The average Bonchev–Trinajstić information content (AvgIpc) is 2.92. The average molecular weight is 289 g/mol. The van der Waals surface area contributed by atoms with Crippen LogP contribution in [0.2, 0.25) is 0 Å². The van der Waals surface area contributed by atoms with Crippen LogP contribution in [-0.4, -0.2) is 27.5 Å². The predicted octanol–water partition coefficient (Wildman–Crippen LogP) is 1.81. The topological polar surface area (TPSA) is 73.3 Å². The molecule has 1 aromatic heterocycles. The van der Waals surface area contributed by atoms with Crippen LogP contribution in [-0.2, 0) is 13.5 Å². The van der Waals surface area contributed by atoms with Gasteiger partial charge in [-0.1, -0.05) is 25.1 Å². The third-order valence-electron chi connectivity index (χ3n) is 3.52. The minimum Gasteiger partial charge on any atom is -0.484 e. The van der Waals surface area contributed by atoms with Crippen LogP contribution in [0.4, 0.5) is 0 Å². The van der Waals surface area contributed by atoms with E-state index in [1.165, 1.54) is 0 Å². The van der Waals surface area contributed by atoms with Crippen LogP contribution in [0.15, 0.2) is 36.7 Å². The van der Waals surface area contributed by atoms with Gasteiger partial charge in [-0.25, -0.2) is 0 Å². The molecular weight excluding hydrogens is 266 g/mol. The molecule has 2 atom stereocenters. The number of nitrogens with zero attached hydrogens (tertiary/aromatic N) is 2. The van der Waals surface area contributed by atoms with Crippen molar-refractivity contribution < 1.29 is 9.84 Å². The van der Waals surface area contributed by atoms with Crippen LogP contribution in [0.1, 0.15) is 30.6 Å². The first-order valence-electron chi connectivity index (χ1n) is 7.25. The van der Waals surface area contributed by atoms with Crippen molar-refractivity contribution in [2.24, 2.45) is 12.8 Å². The molecule has 1 aromatic carbocycles. The Hall–Kier alpha value is -1.85. The van der Waals surface area contributed by atoms with Crippen molar-refractivity contribution in [3.8, 4) is 5.75 Å². The zero-order valence-electron chi connectivity index (χ0n) is 12.6. The molecule has 5 heteroatoms. The van der Waals surface area contributed by atoms with Gasteiger partial charge >= 0.3 is 0 Å². The van der Waals surface area contributed by atoms with Crippen molar-refractivity contribution >= 4 is 0 Å². The van der Waals surface area contributed by atoms with Crippen molar-refractivity contribution in [1.82, 2.24) is 9.78 Å². The number of aromatic nitrogens is 2. The van der Waals surface area contributed by atoms with E-state index >= 15 is 0 Å². The SMILES string of the molecule is CCC(N)C(Oc1ccccc1CCO)c1cnn(C)c1. The highest BCUT2D eigenvalue weighted by molar-refractivity contribution is 5.34. The Labute approximate surface area is 125 Å². The Morgan fingerprint density at radius 1 is 1.38 bits per heavy atom. The molecule has 2 unspecified atom stereocenters. The fourth-order valence-electron chi connectivity index (χ4n) is 2.29. The smallest absolute Gasteiger partial charge is 0.142 e. The van der Waals surface area contributed by atoms with Crippen molar-refractivity contribution in [2.45, 2.75) is 31.9 Å². The van der Waals surface area contributed by atoms with E-state index in [0.717, 1.165) is 23.3 Å². The fraction of sp³-hybridized carbons (Fsp3) is 0.438. The number of aliphatic hydroxyl groups excluding tert-OH is 1. The van der Waals surface area contributed by atoms with Gasteiger partial charge in [0, 0.05) is 31.5 Å². The molecule has 0 saturated heterocycles. The molecule has 5 nitrogen and oxygen atoms in total. The van der Waals surface area contributed by atoms with Crippen molar-refractivity contribution in [2.75, 3.05) is 6.61 Å². The molecule has 3 N–H and O–H groups in total.